The lowest BCUT2D eigenvalue weighted by atomic mass is 10.1. The fourth-order valence-electron chi connectivity index (χ4n) is 2.75. The highest BCUT2D eigenvalue weighted by Gasteiger charge is 2.31. The Hall–Kier alpha value is -1.60. The molecule has 0 aliphatic carbocycles. The van der Waals surface area contributed by atoms with Crippen LogP contribution < -0.4 is 4.74 Å². The van der Waals surface area contributed by atoms with Crippen LogP contribution in [0.5, 0.6) is 5.75 Å². The van der Waals surface area contributed by atoms with Gasteiger partial charge in [-0.3, -0.25) is 9.69 Å². The molecule has 0 unspecified atom stereocenters. The van der Waals surface area contributed by atoms with E-state index >= 15 is 0 Å². The highest BCUT2D eigenvalue weighted by Crippen LogP contribution is 2.23. The van der Waals surface area contributed by atoms with Crippen LogP contribution in [-0.2, 0) is 0 Å². The lowest BCUT2D eigenvalue weighted by Gasteiger charge is -2.36. The van der Waals surface area contributed by atoms with Gasteiger partial charge in [-0.15, -0.1) is 13.2 Å². The summed E-state index contributed by atoms with van der Waals surface area (Å²) in [5.41, 5.74) is 0.408. The zero-order chi connectivity index (χ0) is 17.7. The van der Waals surface area contributed by atoms with Crippen molar-refractivity contribution >= 4 is 5.78 Å². The van der Waals surface area contributed by atoms with Gasteiger partial charge in [-0.2, -0.15) is 0 Å². The van der Waals surface area contributed by atoms with E-state index in [-0.39, 0.29) is 11.5 Å². The van der Waals surface area contributed by atoms with E-state index < -0.39 is 6.36 Å². The van der Waals surface area contributed by atoms with Crippen LogP contribution in [-0.4, -0.2) is 60.7 Å². The monoisotopic (exact) mass is 344 g/mol. The maximum atomic E-state index is 12.2. The smallest absolute Gasteiger partial charge is 0.406 e. The number of alkyl halides is 3. The summed E-state index contributed by atoms with van der Waals surface area (Å²) in [4.78, 5) is 16.8. The molecule has 0 bridgehead atoms. The number of ketones is 1. The first kappa shape index (κ1) is 18.7. The molecule has 134 valence electrons. The number of carbonyl (C=O) groups excluding carboxylic acids is 1. The largest absolute Gasteiger partial charge is 0.573 e. The number of benzene rings is 1. The van der Waals surface area contributed by atoms with Gasteiger partial charge in [-0.1, -0.05) is 0 Å². The van der Waals surface area contributed by atoms with Gasteiger partial charge in [0.25, 0.3) is 0 Å². The molecule has 0 atom stereocenters. The Morgan fingerprint density at radius 3 is 2.21 bits per heavy atom. The minimum absolute atomic E-state index is 0.0696. The van der Waals surface area contributed by atoms with E-state index in [1.807, 2.05) is 0 Å². The predicted octanol–water partition coefficient (Wildman–Crippen LogP) is 3.18. The van der Waals surface area contributed by atoms with Crippen LogP contribution in [0.25, 0.3) is 0 Å². The molecule has 2 rings (SSSR count). The summed E-state index contributed by atoms with van der Waals surface area (Å²) in [5.74, 6) is -0.385. The Balaban J connectivity index is 1.79. The Morgan fingerprint density at radius 1 is 1.12 bits per heavy atom. The first-order valence-electron chi connectivity index (χ1n) is 8.10. The highest BCUT2D eigenvalue weighted by molar-refractivity contribution is 5.96. The topological polar surface area (TPSA) is 32.8 Å². The standard InChI is InChI=1S/C17H23F3N2O2/c1-13(2)22-11-9-21(10-12-22)8-7-16(23)14-3-5-15(6-4-14)24-17(18,19)20/h3-6,13H,7-12H2,1-2H3. The molecule has 1 aliphatic heterocycles. The van der Waals surface area contributed by atoms with Crippen molar-refractivity contribution in [2.45, 2.75) is 32.7 Å². The van der Waals surface area contributed by atoms with Crippen molar-refractivity contribution in [3.05, 3.63) is 29.8 Å². The third kappa shape index (κ3) is 5.79. The Labute approximate surface area is 140 Å². The van der Waals surface area contributed by atoms with Crippen LogP contribution in [0.1, 0.15) is 30.6 Å². The van der Waals surface area contributed by atoms with Crippen LogP contribution in [0.15, 0.2) is 24.3 Å². The second-order valence-electron chi connectivity index (χ2n) is 6.22. The Bertz CT molecular complexity index is 536. The molecule has 0 aromatic heterocycles. The highest BCUT2D eigenvalue weighted by atomic mass is 19.4. The summed E-state index contributed by atoms with van der Waals surface area (Å²) in [6.45, 7) is 8.88. The van der Waals surface area contributed by atoms with Gasteiger partial charge < -0.3 is 9.64 Å². The fourth-order valence-corrected chi connectivity index (χ4v) is 2.75. The summed E-state index contributed by atoms with van der Waals surface area (Å²) in [5, 5.41) is 0. The third-order valence-electron chi connectivity index (χ3n) is 4.20. The summed E-state index contributed by atoms with van der Waals surface area (Å²) in [7, 11) is 0. The SMILES string of the molecule is CC(C)N1CCN(CCC(=O)c2ccc(OC(F)(F)F)cc2)CC1. The van der Waals surface area contributed by atoms with Crippen LogP contribution in [0.3, 0.4) is 0 Å². The van der Waals surface area contributed by atoms with E-state index in [0.717, 1.165) is 26.2 Å². The van der Waals surface area contributed by atoms with E-state index in [1.54, 1.807) is 0 Å². The number of rotatable bonds is 6. The van der Waals surface area contributed by atoms with Gasteiger partial charge in [0, 0.05) is 50.7 Å². The summed E-state index contributed by atoms with van der Waals surface area (Å²) in [6, 6.07) is 5.62. The number of halogens is 3. The number of piperazine rings is 1. The molecule has 1 saturated heterocycles. The first-order valence-corrected chi connectivity index (χ1v) is 8.10. The van der Waals surface area contributed by atoms with Gasteiger partial charge in [-0.05, 0) is 38.1 Å². The molecule has 0 amide bonds. The number of nitrogens with zero attached hydrogens (tertiary/aromatic N) is 2. The fraction of sp³-hybridized carbons (Fsp3) is 0.588. The normalized spacial score (nSPS) is 17.2. The van der Waals surface area contributed by atoms with Gasteiger partial charge in [0.1, 0.15) is 5.75 Å². The van der Waals surface area contributed by atoms with E-state index in [0.29, 0.717) is 24.6 Å². The van der Waals surface area contributed by atoms with Gasteiger partial charge in [0.05, 0.1) is 0 Å². The zero-order valence-corrected chi connectivity index (χ0v) is 14.0. The molecule has 1 aromatic rings. The van der Waals surface area contributed by atoms with Gasteiger partial charge in [0.2, 0.25) is 0 Å². The van der Waals surface area contributed by atoms with Crippen molar-refractivity contribution < 1.29 is 22.7 Å². The summed E-state index contributed by atoms with van der Waals surface area (Å²) < 4.78 is 40.1. The van der Waals surface area contributed by atoms with E-state index in [2.05, 4.69) is 28.4 Å². The number of ether oxygens (including phenoxy) is 1. The molecular formula is C17H23F3N2O2. The molecule has 7 heteroatoms. The minimum Gasteiger partial charge on any atom is -0.406 e. The van der Waals surface area contributed by atoms with Crippen molar-refractivity contribution in [2.24, 2.45) is 0 Å². The second kappa shape index (κ2) is 7.98. The zero-order valence-electron chi connectivity index (χ0n) is 14.0. The number of Topliss-reactive ketones (excluding diaryl/α,β-unsaturated/α-hetero) is 1. The molecule has 0 N–H and O–H groups in total. The Morgan fingerprint density at radius 2 is 1.71 bits per heavy atom. The lowest BCUT2D eigenvalue weighted by Crippen LogP contribution is -2.49. The minimum atomic E-state index is -4.72. The van der Waals surface area contributed by atoms with E-state index in [4.69, 9.17) is 0 Å². The van der Waals surface area contributed by atoms with E-state index in [9.17, 15) is 18.0 Å². The third-order valence-corrected chi connectivity index (χ3v) is 4.20. The molecule has 1 aromatic carbocycles. The summed E-state index contributed by atoms with van der Waals surface area (Å²) in [6.07, 6.45) is -4.36. The summed E-state index contributed by atoms with van der Waals surface area (Å²) >= 11 is 0. The van der Waals surface area contributed by atoms with Crippen LogP contribution >= 0.6 is 0 Å². The average Bonchev–Trinajstić information content (AvgIpc) is 2.52. The average molecular weight is 344 g/mol. The van der Waals surface area contributed by atoms with Crippen molar-refractivity contribution in [3.63, 3.8) is 0 Å². The molecule has 1 fully saturated rings. The molecule has 1 heterocycles. The molecule has 0 radical (unpaired) electrons. The molecule has 0 saturated carbocycles. The first-order chi connectivity index (χ1) is 11.2. The molecule has 24 heavy (non-hydrogen) atoms. The van der Waals surface area contributed by atoms with Crippen molar-refractivity contribution in [1.29, 1.82) is 0 Å². The van der Waals surface area contributed by atoms with Gasteiger partial charge in [0.15, 0.2) is 5.78 Å². The maximum absolute atomic E-state index is 12.2. The van der Waals surface area contributed by atoms with Crippen LogP contribution in [0, 0.1) is 0 Å². The van der Waals surface area contributed by atoms with Crippen LogP contribution in [0.2, 0.25) is 0 Å². The van der Waals surface area contributed by atoms with Gasteiger partial charge in [-0.25, -0.2) is 0 Å². The van der Waals surface area contributed by atoms with E-state index in [1.165, 1.54) is 24.3 Å². The van der Waals surface area contributed by atoms with Crippen LogP contribution in [0.4, 0.5) is 13.2 Å². The quantitative estimate of drug-likeness (QED) is 0.742. The molecular weight excluding hydrogens is 321 g/mol. The predicted molar refractivity (Wildman–Crippen MR) is 85.2 cm³/mol. The number of carbonyl (C=O) groups is 1. The van der Waals surface area contributed by atoms with Crippen molar-refractivity contribution in [3.8, 4) is 5.75 Å². The number of hydrogen-bond donors (Lipinski definition) is 0. The molecule has 1 aliphatic rings. The second-order valence-corrected chi connectivity index (χ2v) is 6.22. The lowest BCUT2D eigenvalue weighted by molar-refractivity contribution is -0.274. The van der Waals surface area contributed by atoms with Gasteiger partial charge >= 0.3 is 6.36 Å². The number of hydrogen-bond acceptors (Lipinski definition) is 4. The maximum Gasteiger partial charge on any atom is 0.573 e. The Kier molecular flexibility index (Phi) is 6.23. The molecule has 4 nitrogen and oxygen atoms in total. The van der Waals surface area contributed by atoms with Crippen molar-refractivity contribution in [2.75, 3.05) is 32.7 Å². The molecule has 0 spiro atoms. The van der Waals surface area contributed by atoms with Crippen molar-refractivity contribution in [1.82, 2.24) is 9.80 Å².